The van der Waals surface area contributed by atoms with Crippen LogP contribution >= 0.6 is 23.2 Å². The van der Waals surface area contributed by atoms with Gasteiger partial charge in [0.1, 0.15) is 0 Å². The van der Waals surface area contributed by atoms with E-state index < -0.39 is 0 Å². The van der Waals surface area contributed by atoms with Crippen molar-refractivity contribution in [1.82, 2.24) is 4.90 Å². The van der Waals surface area contributed by atoms with Crippen LogP contribution in [0.4, 0.5) is 5.69 Å². The van der Waals surface area contributed by atoms with Crippen molar-refractivity contribution in [3.63, 3.8) is 0 Å². The molecule has 1 saturated heterocycles. The molecule has 0 aromatic heterocycles. The van der Waals surface area contributed by atoms with Crippen LogP contribution in [0.3, 0.4) is 0 Å². The van der Waals surface area contributed by atoms with Gasteiger partial charge >= 0.3 is 0 Å². The first-order valence-electron chi connectivity index (χ1n) is 6.25. The number of benzene rings is 1. The van der Waals surface area contributed by atoms with Gasteiger partial charge in [0.2, 0.25) is 0 Å². The van der Waals surface area contributed by atoms with Crippen molar-refractivity contribution >= 4 is 28.9 Å². The van der Waals surface area contributed by atoms with Gasteiger partial charge in [0, 0.05) is 41.4 Å². The summed E-state index contributed by atoms with van der Waals surface area (Å²) < 4.78 is 0. The van der Waals surface area contributed by atoms with Crippen LogP contribution in [0, 0.1) is 0 Å². The number of likely N-dealkylation sites (N-methyl/N-ethyl adjacent to an activating group) is 1. The Kier molecular flexibility index (Phi) is 4.10. The summed E-state index contributed by atoms with van der Waals surface area (Å²) in [4.78, 5) is 4.79. The van der Waals surface area contributed by atoms with Gasteiger partial charge in [-0.2, -0.15) is 0 Å². The number of hydrogen-bond acceptors (Lipinski definition) is 2. The SMILES string of the molecule is CN1CCN(c2cccc(Cl)c2CCl)CC1(C)C. The van der Waals surface area contributed by atoms with Crippen LogP contribution in [0.15, 0.2) is 18.2 Å². The third-order valence-electron chi connectivity index (χ3n) is 3.88. The summed E-state index contributed by atoms with van der Waals surface area (Å²) in [6.45, 7) is 7.60. The van der Waals surface area contributed by atoms with Crippen molar-refractivity contribution in [2.45, 2.75) is 25.3 Å². The Hall–Kier alpha value is -0.440. The summed E-state index contributed by atoms with van der Waals surface area (Å²) in [5.74, 6) is 0.460. The Bertz CT molecular complexity index is 432. The van der Waals surface area contributed by atoms with Gasteiger partial charge < -0.3 is 4.90 Å². The van der Waals surface area contributed by atoms with Gasteiger partial charge in [0.15, 0.2) is 0 Å². The maximum Gasteiger partial charge on any atom is 0.0509 e. The number of nitrogens with zero attached hydrogens (tertiary/aromatic N) is 2. The number of alkyl halides is 1. The molecular formula is C14H20Cl2N2. The first-order chi connectivity index (χ1) is 8.45. The minimum absolute atomic E-state index is 0.171. The lowest BCUT2D eigenvalue weighted by Gasteiger charge is -2.46. The van der Waals surface area contributed by atoms with Crippen molar-refractivity contribution in [2.75, 3.05) is 31.6 Å². The molecule has 4 heteroatoms. The van der Waals surface area contributed by atoms with Crippen LogP contribution in [-0.4, -0.2) is 37.1 Å². The molecule has 1 aliphatic rings. The third-order valence-corrected chi connectivity index (χ3v) is 4.51. The first kappa shape index (κ1) is 14.0. The second-order valence-electron chi connectivity index (χ2n) is 5.53. The molecule has 0 N–H and O–H groups in total. The summed E-state index contributed by atoms with van der Waals surface area (Å²) in [5.41, 5.74) is 2.39. The highest BCUT2D eigenvalue weighted by molar-refractivity contribution is 6.32. The molecule has 1 aliphatic heterocycles. The second kappa shape index (κ2) is 5.28. The smallest absolute Gasteiger partial charge is 0.0509 e. The van der Waals surface area contributed by atoms with E-state index in [1.54, 1.807) is 0 Å². The third kappa shape index (κ3) is 2.61. The van der Waals surface area contributed by atoms with Gasteiger partial charge in [0.05, 0.1) is 5.88 Å². The zero-order valence-electron chi connectivity index (χ0n) is 11.2. The standard InChI is InChI=1S/C14H20Cl2N2/c1-14(2)10-18(8-7-17(14)3)13-6-4-5-12(16)11(13)9-15/h4-6H,7-10H2,1-3H3. The first-order valence-corrected chi connectivity index (χ1v) is 7.16. The lowest BCUT2D eigenvalue weighted by Crippen LogP contribution is -2.57. The zero-order chi connectivity index (χ0) is 13.3. The molecule has 2 rings (SSSR count). The van der Waals surface area contributed by atoms with Crippen LogP contribution in [0.25, 0.3) is 0 Å². The van der Waals surface area contributed by atoms with E-state index in [9.17, 15) is 0 Å². The summed E-state index contributed by atoms with van der Waals surface area (Å²) in [5, 5.41) is 0.763. The van der Waals surface area contributed by atoms with Crippen molar-refractivity contribution in [2.24, 2.45) is 0 Å². The highest BCUT2D eigenvalue weighted by atomic mass is 35.5. The Morgan fingerprint density at radius 2 is 2.00 bits per heavy atom. The van der Waals surface area contributed by atoms with Gasteiger partial charge in [-0.25, -0.2) is 0 Å². The van der Waals surface area contributed by atoms with Crippen LogP contribution < -0.4 is 4.90 Å². The number of piperazine rings is 1. The van der Waals surface area contributed by atoms with E-state index in [0.29, 0.717) is 5.88 Å². The molecule has 0 bridgehead atoms. The van der Waals surface area contributed by atoms with E-state index in [1.165, 1.54) is 5.69 Å². The molecule has 1 heterocycles. The molecule has 0 aliphatic carbocycles. The molecule has 18 heavy (non-hydrogen) atoms. The van der Waals surface area contributed by atoms with Crippen molar-refractivity contribution in [1.29, 1.82) is 0 Å². The highest BCUT2D eigenvalue weighted by Gasteiger charge is 2.31. The molecule has 1 aromatic rings. The molecule has 0 saturated carbocycles. The molecule has 1 fully saturated rings. The fraction of sp³-hybridized carbons (Fsp3) is 0.571. The van der Waals surface area contributed by atoms with E-state index in [4.69, 9.17) is 23.2 Å². The number of rotatable bonds is 2. The minimum Gasteiger partial charge on any atom is -0.368 e. The Balaban J connectivity index is 2.30. The fourth-order valence-electron chi connectivity index (χ4n) is 2.42. The van der Waals surface area contributed by atoms with Gasteiger partial charge in [0.25, 0.3) is 0 Å². The van der Waals surface area contributed by atoms with Gasteiger partial charge in [-0.15, -0.1) is 11.6 Å². The van der Waals surface area contributed by atoms with Crippen molar-refractivity contribution < 1.29 is 0 Å². The summed E-state index contributed by atoms with van der Waals surface area (Å²) in [6.07, 6.45) is 0. The Morgan fingerprint density at radius 3 is 2.61 bits per heavy atom. The average Bonchev–Trinajstić information content (AvgIpc) is 2.32. The molecule has 0 unspecified atom stereocenters. The summed E-state index contributed by atoms with van der Waals surface area (Å²) in [7, 11) is 2.18. The largest absolute Gasteiger partial charge is 0.368 e. The maximum atomic E-state index is 6.23. The molecular weight excluding hydrogens is 267 g/mol. The Labute approximate surface area is 119 Å². The number of halogens is 2. The minimum atomic E-state index is 0.171. The normalized spacial score (nSPS) is 20.2. The Morgan fingerprint density at radius 1 is 1.28 bits per heavy atom. The van der Waals surface area contributed by atoms with E-state index in [0.717, 1.165) is 30.2 Å². The number of anilines is 1. The molecule has 0 atom stereocenters. The van der Waals surface area contributed by atoms with Crippen LogP contribution in [0.2, 0.25) is 5.02 Å². The predicted octanol–water partition coefficient (Wildman–Crippen LogP) is 3.61. The van der Waals surface area contributed by atoms with Crippen LogP contribution in [0.5, 0.6) is 0 Å². The maximum absolute atomic E-state index is 6.23. The predicted molar refractivity (Wildman–Crippen MR) is 79.9 cm³/mol. The number of hydrogen-bond donors (Lipinski definition) is 0. The quantitative estimate of drug-likeness (QED) is 0.767. The van der Waals surface area contributed by atoms with Crippen molar-refractivity contribution in [3.8, 4) is 0 Å². The van der Waals surface area contributed by atoms with Gasteiger partial charge in [-0.1, -0.05) is 17.7 Å². The molecule has 0 amide bonds. The van der Waals surface area contributed by atoms with Crippen LogP contribution in [-0.2, 0) is 5.88 Å². The van der Waals surface area contributed by atoms with Crippen LogP contribution in [0.1, 0.15) is 19.4 Å². The molecule has 1 aromatic carbocycles. The molecule has 0 radical (unpaired) electrons. The fourth-order valence-corrected chi connectivity index (χ4v) is 3.01. The van der Waals surface area contributed by atoms with Gasteiger partial charge in [-0.3, -0.25) is 4.90 Å². The van der Waals surface area contributed by atoms with E-state index in [1.807, 2.05) is 12.1 Å². The van der Waals surface area contributed by atoms with E-state index >= 15 is 0 Å². The molecule has 100 valence electrons. The lowest BCUT2D eigenvalue weighted by atomic mass is 9.98. The van der Waals surface area contributed by atoms with E-state index in [2.05, 4.69) is 36.8 Å². The lowest BCUT2D eigenvalue weighted by molar-refractivity contribution is 0.139. The zero-order valence-corrected chi connectivity index (χ0v) is 12.7. The summed E-state index contributed by atoms with van der Waals surface area (Å²) in [6, 6.07) is 6.02. The molecule has 2 nitrogen and oxygen atoms in total. The second-order valence-corrected chi connectivity index (χ2v) is 6.20. The summed E-state index contributed by atoms with van der Waals surface area (Å²) >= 11 is 12.3. The highest BCUT2D eigenvalue weighted by Crippen LogP contribution is 2.32. The average molecular weight is 287 g/mol. The molecule has 0 spiro atoms. The van der Waals surface area contributed by atoms with Gasteiger partial charge in [-0.05, 0) is 33.0 Å². The van der Waals surface area contributed by atoms with E-state index in [-0.39, 0.29) is 5.54 Å². The van der Waals surface area contributed by atoms with Crippen molar-refractivity contribution in [3.05, 3.63) is 28.8 Å². The monoisotopic (exact) mass is 286 g/mol. The topological polar surface area (TPSA) is 6.48 Å².